The van der Waals surface area contributed by atoms with Crippen LogP contribution in [0, 0.1) is 0 Å². The Balaban J connectivity index is 1.92. The van der Waals surface area contributed by atoms with Gasteiger partial charge in [0.2, 0.25) is 0 Å². The molecule has 0 aliphatic rings. The molecule has 0 aliphatic heterocycles. The van der Waals surface area contributed by atoms with Gasteiger partial charge in [0, 0.05) is 5.56 Å². The lowest BCUT2D eigenvalue weighted by Crippen LogP contribution is -2.14. The summed E-state index contributed by atoms with van der Waals surface area (Å²) in [5, 5.41) is 8.94. The van der Waals surface area contributed by atoms with E-state index in [2.05, 4.69) is 0 Å². The van der Waals surface area contributed by atoms with Gasteiger partial charge in [0.25, 0.3) is 0 Å². The van der Waals surface area contributed by atoms with Crippen LogP contribution in [0.25, 0.3) is 0 Å². The minimum Gasteiger partial charge on any atom is -0.497 e. The summed E-state index contributed by atoms with van der Waals surface area (Å²) in [5.41, 5.74) is 1.48. The van der Waals surface area contributed by atoms with E-state index in [0.29, 0.717) is 22.4 Å². The first-order valence-corrected chi connectivity index (χ1v) is 6.68. The van der Waals surface area contributed by atoms with Gasteiger partial charge >= 0.3 is 5.97 Å². The molecule has 0 heterocycles. The van der Waals surface area contributed by atoms with Crippen molar-refractivity contribution in [1.29, 1.82) is 0 Å². The highest BCUT2D eigenvalue weighted by molar-refractivity contribution is 5.99. The number of esters is 1. The molecule has 2 aromatic carbocycles. The van der Waals surface area contributed by atoms with Crippen molar-refractivity contribution in [2.75, 3.05) is 13.7 Å². The number of carbonyl (C=O) groups is 2. The number of rotatable bonds is 6. The van der Waals surface area contributed by atoms with E-state index < -0.39 is 5.97 Å². The van der Waals surface area contributed by atoms with E-state index in [1.165, 1.54) is 0 Å². The molecule has 2 aromatic rings. The molecule has 0 saturated carbocycles. The van der Waals surface area contributed by atoms with Crippen LogP contribution in [-0.2, 0) is 11.3 Å². The van der Waals surface area contributed by atoms with E-state index in [0.717, 1.165) is 0 Å². The topological polar surface area (TPSA) is 72.8 Å². The maximum Gasteiger partial charge on any atom is 0.338 e. The summed E-state index contributed by atoms with van der Waals surface area (Å²) in [6.07, 6.45) is 0. The number of ketones is 1. The summed E-state index contributed by atoms with van der Waals surface area (Å²) in [4.78, 5) is 23.8. The van der Waals surface area contributed by atoms with Crippen LogP contribution in [0.4, 0.5) is 0 Å². The molecular formula is C17H16O5. The third-order valence-electron chi connectivity index (χ3n) is 3.12. The van der Waals surface area contributed by atoms with E-state index in [4.69, 9.17) is 14.6 Å². The monoisotopic (exact) mass is 300 g/mol. The van der Waals surface area contributed by atoms with Gasteiger partial charge in [-0.1, -0.05) is 12.1 Å². The molecular weight excluding hydrogens is 284 g/mol. The minimum atomic E-state index is -0.577. The molecule has 5 heteroatoms. The number of ether oxygens (including phenoxy) is 2. The number of aliphatic hydroxyl groups is 1. The van der Waals surface area contributed by atoms with Gasteiger partial charge in [0.1, 0.15) is 5.75 Å². The normalized spacial score (nSPS) is 10.1. The number of benzene rings is 2. The zero-order valence-electron chi connectivity index (χ0n) is 12.1. The van der Waals surface area contributed by atoms with Crippen LogP contribution in [0.1, 0.15) is 26.3 Å². The van der Waals surface area contributed by atoms with Crippen molar-refractivity contribution < 1.29 is 24.2 Å². The van der Waals surface area contributed by atoms with Gasteiger partial charge < -0.3 is 14.6 Å². The zero-order chi connectivity index (χ0) is 15.9. The predicted molar refractivity (Wildman–Crippen MR) is 80.0 cm³/mol. The van der Waals surface area contributed by atoms with Crippen molar-refractivity contribution >= 4 is 11.8 Å². The second kappa shape index (κ2) is 7.38. The van der Waals surface area contributed by atoms with Gasteiger partial charge in [0.05, 0.1) is 19.3 Å². The Morgan fingerprint density at radius 1 is 0.955 bits per heavy atom. The molecule has 1 N–H and O–H groups in total. The van der Waals surface area contributed by atoms with Crippen LogP contribution in [0.15, 0.2) is 48.5 Å². The number of aliphatic hydroxyl groups excluding tert-OH is 1. The summed E-state index contributed by atoms with van der Waals surface area (Å²) in [6.45, 7) is -0.418. The standard InChI is InChI=1S/C17H16O5/c1-21-15-8-6-13(7-9-15)16(19)11-22-17(20)14-4-2-12(10-18)3-5-14/h2-9,18H,10-11H2,1H3. The molecule has 0 amide bonds. The zero-order valence-corrected chi connectivity index (χ0v) is 12.1. The van der Waals surface area contributed by atoms with E-state index in [-0.39, 0.29) is 19.0 Å². The Labute approximate surface area is 128 Å². The molecule has 0 fully saturated rings. The minimum absolute atomic E-state index is 0.0920. The Morgan fingerprint density at radius 2 is 1.55 bits per heavy atom. The van der Waals surface area contributed by atoms with Crippen molar-refractivity contribution in [3.05, 3.63) is 65.2 Å². The number of methoxy groups -OCH3 is 1. The molecule has 0 spiro atoms. The summed E-state index contributed by atoms with van der Waals surface area (Å²) < 4.78 is 10.0. The lowest BCUT2D eigenvalue weighted by atomic mass is 10.1. The Kier molecular flexibility index (Phi) is 5.27. The van der Waals surface area contributed by atoms with Gasteiger partial charge in [-0.2, -0.15) is 0 Å². The SMILES string of the molecule is COc1ccc(C(=O)COC(=O)c2ccc(CO)cc2)cc1. The molecule has 0 bridgehead atoms. The van der Waals surface area contributed by atoms with Crippen molar-refractivity contribution in [2.45, 2.75) is 6.61 Å². The van der Waals surface area contributed by atoms with Gasteiger partial charge in [-0.15, -0.1) is 0 Å². The fraction of sp³-hybridized carbons (Fsp3) is 0.176. The van der Waals surface area contributed by atoms with Crippen LogP contribution in [0.2, 0.25) is 0 Å². The fourth-order valence-electron chi connectivity index (χ4n) is 1.82. The van der Waals surface area contributed by atoms with Gasteiger partial charge in [-0.05, 0) is 42.0 Å². The van der Waals surface area contributed by atoms with E-state index in [9.17, 15) is 9.59 Å². The van der Waals surface area contributed by atoms with Crippen LogP contribution < -0.4 is 4.74 Å². The lowest BCUT2D eigenvalue weighted by Gasteiger charge is -2.06. The Morgan fingerprint density at radius 3 is 2.09 bits per heavy atom. The fourth-order valence-corrected chi connectivity index (χ4v) is 1.82. The van der Waals surface area contributed by atoms with Crippen molar-refractivity contribution in [2.24, 2.45) is 0 Å². The number of hydrogen-bond donors (Lipinski definition) is 1. The van der Waals surface area contributed by atoms with Gasteiger partial charge in [-0.25, -0.2) is 4.79 Å². The molecule has 0 aromatic heterocycles. The number of carbonyl (C=O) groups excluding carboxylic acids is 2. The van der Waals surface area contributed by atoms with E-state index >= 15 is 0 Å². The third-order valence-corrected chi connectivity index (χ3v) is 3.12. The maximum absolute atomic E-state index is 11.9. The van der Waals surface area contributed by atoms with E-state index in [1.807, 2.05) is 0 Å². The summed E-state index contributed by atoms with van der Waals surface area (Å²) in [7, 11) is 1.54. The highest BCUT2D eigenvalue weighted by Crippen LogP contribution is 2.12. The smallest absolute Gasteiger partial charge is 0.338 e. The first-order chi connectivity index (χ1) is 10.6. The molecule has 22 heavy (non-hydrogen) atoms. The first-order valence-electron chi connectivity index (χ1n) is 6.68. The largest absolute Gasteiger partial charge is 0.497 e. The quantitative estimate of drug-likeness (QED) is 0.654. The molecule has 0 saturated heterocycles. The molecule has 5 nitrogen and oxygen atoms in total. The van der Waals surface area contributed by atoms with Crippen LogP contribution in [0.5, 0.6) is 5.75 Å². The average Bonchev–Trinajstić information content (AvgIpc) is 2.59. The molecule has 0 atom stereocenters. The van der Waals surface area contributed by atoms with Crippen molar-refractivity contribution in [1.82, 2.24) is 0 Å². The van der Waals surface area contributed by atoms with Gasteiger partial charge in [0.15, 0.2) is 12.4 Å². The summed E-state index contributed by atoms with van der Waals surface area (Å²) in [6, 6.07) is 12.9. The van der Waals surface area contributed by atoms with Crippen LogP contribution in [-0.4, -0.2) is 30.6 Å². The Bertz CT molecular complexity index is 584. The first kappa shape index (κ1) is 15.7. The van der Waals surface area contributed by atoms with Crippen molar-refractivity contribution in [3.63, 3.8) is 0 Å². The number of hydrogen-bond acceptors (Lipinski definition) is 5. The molecule has 2 rings (SSSR count). The van der Waals surface area contributed by atoms with Crippen LogP contribution in [0.3, 0.4) is 0 Å². The number of Topliss-reactive ketones (excluding diaryl/α,β-unsaturated/α-hetero) is 1. The molecule has 114 valence electrons. The molecule has 0 aliphatic carbocycles. The van der Waals surface area contributed by atoms with Crippen molar-refractivity contribution in [3.8, 4) is 5.75 Å². The highest BCUT2D eigenvalue weighted by Gasteiger charge is 2.12. The third kappa shape index (κ3) is 3.93. The Hall–Kier alpha value is -2.66. The lowest BCUT2D eigenvalue weighted by molar-refractivity contribution is 0.0474. The second-order valence-corrected chi connectivity index (χ2v) is 4.58. The van der Waals surface area contributed by atoms with Gasteiger partial charge in [-0.3, -0.25) is 4.79 Å². The molecule has 0 unspecified atom stereocenters. The summed E-state index contributed by atoms with van der Waals surface area (Å²) in [5.74, 6) is -0.216. The predicted octanol–water partition coefficient (Wildman–Crippen LogP) is 2.23. The average molecular weight is 300 g/mol. The maximum atomic E-state index is 11.9. The second-order valence-electron chi connectivity index (χ2n) is 4.58. The molecule has 0 radical (unpaired) electrons. The van der Waals surface area contributed by atoms with Crippen LogP contribution >= 0.6 is 0 Å². The summed E-state index contributed by atoms with van der Waals surface area (Å²) >= 11 is 0. The highest BCUT2D eigenvalue weighted by atomic mass is 16.5. The van der Waals surface area contributed by atoms with E-state index in [1.54, 1.807) is 55.6 Å².